The maximum atomic E-state index is 12.7. The highest BCUT2D eigenvalue weighted by molar-refractivity contribution is 5.94. The third-order valence-corrected chi connectivity index (χ3v) is 4.51. The molecule has 2 aromatic carbocycles. The molecule has 5 heteroatoms. The largest absolute Gasteiger partial charge is 0.443 e. The normalized spacial score (nSPS) is 16.5. The van der Waals surface area contributed by atoms with E-state index in [9.17, 15) is 4.79 Å². The molecule has 1 aliphatic heterocycles. The quantitative estimate of drug-likeness (QED) is 0.775. The molecular weight excluding hydrogens is 338 g/mol. The number of carbonyl (C=O) groups excluding carboxylic acids is 1. The van der Waals surface area contributed by atoms with Crippen molar-refractivity contribution in [1.82, 2.24) is 0 Å². The fourth-order valence-electron chi connectivity index (χ4n) is 3.25. The maximum Gasteiger partial charge on any atom is 0.414 e. The summed E-state index contributed by atoms with van der Waals surface area (Å²) in [6, 6.07) is 17.8. The monoisotopic (exact) mass is 363 g/mol. The van der Waals surface area contributed by atoms with Crippen molar-refractivity contribution in [3.05, 3.63) is 59.7 Å². The van der Waals surface area contributed by atoms with Crippen molar-refractivity contribution in [2.45, 2.75) is 45.9 Å². The smallest absolute Gasteiger partial charge is 0.414 e. The highest BCUT2D eigenvalue weighted by atomic mass is 16.6. The van der Waals surface area contributed by atoms with Crippen molar-refractivity contribution in [2.24, 2.45) is 0 Å². The number of para-hydroxylation sites is 2. The van der Waals surface area contributed by atoms with Crippen LogP contribution in [0.4, 0.5) is 16.2 Å². The Kier molecular flexibility index (Phi) is 5.09. The molecule has 0 aliphatic carbocycles. The zero-order valence-corrected chi connectivity index (χ0v) is 16.3. The third-order valence-electron chi connectivity index (χ3n) is 4.51. The summed E-state index contributed by atoms with van der Waals surface area (Å²) < 4.78 is 5.60. The van der Waals surface area contributed by atoms with E-state index in [2.05, 4.69) is 17.9 Å². The minimum absolute atomic E-state index is 0.128. The zero-order chi connectivity index (χ0) is 19.6. The predicted molar refractivity (Wildman–Crippen MR) is 107 cm³/mol. The van der Waals surface area contributed by atoms with Crippen LogP contribution < -0.4 is 9.80 Å². The van der Waals surface area contributed by atoms with Gasteiger partial charge in [0.2, 0.25) is 0 Å². The van der Waals surface area contributed by atoms with Gasteiger partial charge in [-0.3, -0.25) is 4.90 Å². The first-order valence-corrected chi connectivity index (χ1v) is 9.14. The molecule has 0 saturated heterocycles. The first-order chi connectivity index (χ1) is 12.8. The van der Waals surface area contributed by atoms with Crippen molar-refractivity contribution in [3.63, 3.8) is 0 Å². The average Bonchev–Trinajstić information content (AvgIpc) is 2.63. The van der Waals surface area contributed by atoms with Gasteiger partial charge in [-0.1, -0.05) is 24.3 Å². The summed E-state index contributed by atoms with van der Waals surface area (Å²) in [5.41, 5.74) is 3.11. The number of hydrogen-bond acceptors (Lipinski definition) is 4. The molecule has 140 valence electrons. The fraction of sp³-hybridized carbons (Fsp3) is 0.364. The molecule has 0 saturated carbocycles. The van der Waals surface area contributed by atoms with Gasteiger partial charge in [-0.05, 0) is 57.5 Å². The minimum atomic E-state index is -0.533. The molecule has 0 radical (unpaired) electrons. The summed E-state index contributed by atoms with van der Waals surface area (Å²) in [6.07, 6.45) is -0.320. The van der Waals surface area contributed by atoms with Crippen molar-refractivity contribution in [3.8, 4) is 6.07 Å². The van der Waals surface area contributed by atoms with Crippen LogP contribution in [0.15, 0.2) is 48.5 Å². The molecule has 0 aromatic heterocycles. The first-order valence-electron chi connectivity index (χ1n) is 9.14. The molecule has 3 rings (SSSR count). The van der Waals surface area contributed by atoms with E-state index >= 15 is 0 Å². The van der Waals surface area contributed by atoms with Gasteiger partial charge in [-0.2, -0.15) is 5.26 Å². The van der Waals surface area contributed by atoms with Crippen LogP contribution >= 0.6 is 0 Å². The highest BCUT2D eigenvalue weighted by Gasteiger charge is 2.33. The molecule has 0 fully saturated rings. The van der Waals surface area contributed by atoms with E-state index in [1.54, 1.807) is 4.90 Å². The number of rotatable bonds is 2. The second-order valence-electron chi connectivity index (χ2n) is 7.87. The molecule has 27 heavy (non-hydrogen) atoms. The number of hydrogen-bond donors (Lipinski definition) is 0. The van der Waals surface area contributed by atoms with Gasteiger partial charge >= 0.3 is 6.09 Å². The Morgan fingerprint density at radius 2 is 1.78 bits per heavy atom. The van der Waals surface area contributed by atoms with E-state index in [-0.39, 0.29) is 12.1 Å². The predicted octanol–water partition coefficient (Wildman–Crippen LogP) is 4.71. The number of ether oxygens (including phenoxy) is 1. The number of nitriles is 1. The summed E-state index contributed by atoms with van der Waals surface area (Å²) in [4.78, 5) is 16.7. The molecular formula is C22H25N3O2. The van der Waals surface area contributed by atoms with Gasteiger partial charge in [0.25, 0.3) is 0 Å². The van der Waals surface area contributed by atoms with Gasteiger partial charge in [0, 0.05) is 19.1 Å². The van der Waals surface area contributed by atoms with Gasteiger partial charge in [0.15, 0.2) is 0 Å². The molecule has 1 aliphatic rings. The average molecular weight is 363 g/mol. The molecule has 0 bridgehead atoms. The topological polar surface area (TPSA) is 56.6 Å². The van der Waals surface area contributed by atoms with Gasteiger partial charge in [-0.15, -0.1) is 0 Å². The number of carbonyl (C=O) groups is 1. The van der Waals surface area contributed by atoms with Crippen LogP contribution in [0.25, 0.3) is 0 Å². The van der Waals surface area contributed by atoms with Gasteiger partial charge < -0.3 is 9.64 Å². The summed E-state index contributed by atoms with van der Waals surface area (Å²) >= 11 is 0. The lowest BCUT2D eigenvalue weighted by molar-refractivity contribution is 0.0576. The standard InChI is InChI=1S/C22H25N3O2/c1-16-14-25(21(26)27-22(2,3)4)20-8-6-5-7-19(20)24(16)15-18-11-9-17(13-23)10-12-18/h5-12,16H,14-15H2,1-4H3/t16-/m1/s1. The molecule has 1 atom stereocenters. The van der Waals surface area contributed by atoms with Crippen LogP contribution in [-0.4, -0.2) is 24.3 Å². The Labute approximate surface area is 160 Å². The summed E-state index contributed by atoms with van der Waals surface area (Å²) in [5, 5.41) is 8.97. The van der Waals surface area contributed by atoms with E-state index in [0.29, 0.717) is 18.7 Å². The van der Waals surface area contributed by atoms with E-state index in [1.807, 2.05) is 69.3 Å². The second-order valence-corrected chi connectivity index (χ2v) is 7.87. The van der Waals surface area contributed by atoms with E-state index in [1.165, 1.54) is 0 Å². The summed E-state index contributed by atoms with van der Waals surface area (Å²) in [7, 11) is 0. The molecule has 0 unspecified atom stereocenters. The van der Waals surface area contributed by atoms with Crippen LogP contribution in [0, 0.1) is 11.3 Å². The first kappa shape index (κ1) is 18.8. The molecule has 0 spiro atoms. The lowest BCUT2D eigenvalue weighted by atomic mass is 10.1. The molecule has 5 nitrogen and oxygen atoms in total. The van der Waals surface area contributed by atoms with Crippen LogP contribution in [-0.2, 0) is 11.3 Å². The molecule has 1 heterocycles. The fourth-order valence-corrected chi connectivity index (χ4v) is 3.25. The SMILES string of the molecule is C[C@@H]1CN(C(=O)OC(C)(C)C)c2ccccc2N1Cc1ccc(C#N)cc1. The summed E-state index contributed by atoms with van der Waals surface area (Å²) in [6.45, 7) is 9.01. The number of fused-ring (bicyclic) bond motifs is 1. The second kappa shape index (κ2) is 7.32. The van der Waals surface area contributed by atoms with E-state index in [4.69, 9.17) is 10.00 Å². The lowest BCUT2D eigenvalue weighted by Crippen LogP contribution is -2.50. The minimum Gasteiger partial charge on any atom is -0.443 e. The van der Waals surface area contributed by atoms with Gasteiger partial charge in [-0.25, -0.2) is 4.79 Å². The van der Waals surface area contributed by atoms with Crippen molar-refractivity contribution < 1.29 is 9.53 Å². The van der Waals surface area contributed by atoms with Gasteiger partial charge in [0.05, 0.1) is 23.0 Å². The third kappa shape index (κ3) is 4.22. The highest BCUT2D eigenvalue weighted by Crippen LogP contribution is 2.37. The van der Waals surface area contributed by atoms with Crippen LogP contribution in [0.5, 0.6) is 0 Å². The number of amides is 1. The Morgan fingerprint density at radius 1 is 1.15 bits per heavy atom. The van der Waals surface area contributed by atoms with Crippen LogP contribution in [0.1, 0.15) is 38.8 Å². The van der Waals surface area contributed by atoms with Crippen LogP contribution in [0.2, 0.25) is 0 Å². The lowest BCUT2D eigenvalue weighted by Gasteiger charge is -2.42. The Morgan fingerprint density at radius 3 is 2.37 bits per heavy atom. The Bertz CT molecular complexity index is 862. The summed E-state index contributed by atoms with van der Waals surface area (Å²) in [5.74, 6) is 0. The Balaban J connectivity index is 1.89. The van der Waals surface area contributed by atoms with E-state index in [0.717, 1.165) is 16.9 Å². The van der Waals surface area contributed by atoms with Crippen molar-refractivity contribution in [1.29, 1.82) is 5.26 Å². The van der Waals surface area contributed by atoms with Crippen LogP contribution in [0.3, 0.4) is 0 Å². The van der Waals surface area contributed by atoms with Crippen molar-refractivity contribution in [2.75, 3.05) is 16.3 Å². The zero-order valence-electron chi connectivity index (χ0n) is 16.3. The number of nitrogens with zero attached hydrogens (tertiary/aromatic N) is 3. The number of benzene rings is 2. The number of anilines is 2. The Hall–Kier alpha value is -3.00. The van der Waals surface area contributed by atoms with Gasteiger partial charge in [0.1, 0.15) is 5.60 Å². The van der Waals surface area contributed by atoms with Crippen molar-refractivity contribution >= 4 is 17.5 Å². The molecule has 0 N–H and O–H groups in total. The molecule has 1 amide bonds. The molecule has 2 aromatic rings. The van der Waals surface area contributed by atoms with E-state index < -0.39 is 5.60 Å². The maximum absolute atomic E-state index is 12.7.